The molecule has 1 N–H and O–H groups in total. The zero-order valence-corrected chi connectivity index (χ0v) is 12.0. The fraction of sp³-hybridized carbons (Fsp3) is 0.533. The van der Waals surface area contributed by atoms with Crippen molar-refractivity contribution in [3.05, 3.63) is 23.8 Å². The number of ether oxygens (including phenoxy) is 2. The van der Waals surface area contributed by atoms with Crippen LogP contribution in [0.2, 0.25) is 0 Å². The van der Waals surface area contributed by atoms with Crippen molar-refractivity contribution in [1.82, 2.24) is 0 Å². The number of rotatable bonds is 7. The molecule has 106 valence electrons. The lowest BCUT2D eigenvalue weighted by Gasteiger charge is -2.20. The van der Waals surface area contributed by atoms with Crippen molar-refractivity contribution >= 4 is 5.78 Å². The first-order chi connectivity index (χ1) is 9.08. The molecule has 0 amide bonds. The molecule has 0 aliphatic heterocycles. The second-order valence-electron chi connectivity index (χ2n) is 4.45. The van der Waals surface area contributed by atoms with Gasteiger partial charge < -0.3 is 14.6 Å². The quantitative estimate of drug-likeness (QED) is 0.771. The minimum Gasteiger partial charge on any atom is -0.497 e. The molecule has 1 rings (SSSR count). The van der Waals surface area contributed by atoms with Crippen LogP contribution in [0.15, 0.2) is 18.2 Å². The Kier molecular flexibility index (Phi) is 5.83. The van der Waals surface area contributed by atoms with Gasteiger partial charge in [0.15, 0.2) is 5.78 Å². The Bertz CT molecular complexity index is 424. The highest BCUT2D eigenvalue weighted by molar-refractivity contribution is 6.02. The van der Waals surface area contributed by atoms with Gasteiger partial charge in [-0.1, -0.05) is 26.7 Å². The SMILES string of the molecule is CCC(CC)C(O)C(=O)c1ccc(OC)cc1OC. The number of aliphatic hydroxyl groups excluding tert-OH is 1. The molecule has 0 fully saturated rings. The zero-order chi connectivity index (χ0) is 14.4. The minimum absolute atomic E-state index is 0.0284. The summed E-state index contributed by atoms with van der Waals surface area (Å²) in [6.45, 7) is 3.94. The van der Waals surface area contributed by atoms with Gasteiger partial charge in [0, 0.05) is 6.07 Å². The fourth-order valence-corrected chi connectivity index (χ4v) is 2.11. The van der Waals surface area contributed by atoms with E-state index >= 15 is 0 Å². The van der Waals surface area contributed by atoms with Crippen molar-refractivity contribution in [2.24, 2.45) is 5.92 Å². The molecule has 0 aliphatic carbocycles. The Morgan fingerprint density at radius 3 is 2.32 bits per heavy atom. The van der Waals surface area contributed by atoms with E-state index in [-0.39, 0.29) is 11.7 Å². The number of aliphatic hydroxyl groups is 1. The van der Waals surface area contributed by atoms with Crippen LogP contribution in [-0.2, 0) is 0 Å². The first kappa shape index (κ1) is 15.5. The Labute approximate surface area is 114 Å². The van der Waals surface area contributed by atoms with Gasteiger partial charge in [0.25, 0.3) is 0 Å². The average Bonchev–Trinajstić information content (AvgIpc) is 2.46. The van der Waals surface area contributed by atoms with Gasteiger partial charge >= 0.3 is 0 Å². The largest absolute Gasteiger partial charge is 0.497 e. The van der Waals surface area contributed by atoms with Gasteiger partial charge in [-0.25, -0.2) is 0 Å². The Hall–Kier alpha value is -1.55. The number of hydrogen-bond donors (Lipinski definition) is 1. The molecule has 0 saturated heterocycles. The second-order valence-corrected chi connectivity index (χ2v) is 4.45. The summed E-state index contributed by atoms with van der Waals surface area (Å²) in [5, 5.41) is 10.1. The van der Waals surface area contributed by atoms with Crippen LogP contribution in [0.5, 0.6) is 11.5 Å². The van der Waals surface area contributed by atoms with Crippen LogP contribution in [-0.4, -0.2) is 31.2 Å². The lowest BCUT2D eigenvalue weighted by Crippen LogP contribution is -2.29. The highest BCUT2D eigenvalue weighted by atomic mass is 16.5. The van der Waals surface area contributed by atoms with Gasteiger partial charge in [-0.05, 0) is 18.1 Å². The normalized spacial score (nSPS) is 12.3. The maximum Gasteiger partial charge on any atom is 0.195 e. The molecule has 0 saturated carbocycles. The Balaban J connectivity index is 3.05. The lowest BCUT2D eigenvalue weighted by molar-refractivity contribution is 0.0585. The number of Topliss-reactive ketones (excluding diaryl/α,β-unsaturated/α-hetero) is 1. The summed E-state index contributed by atoms with van der Waals surface area (Å²) in [6, 6.07) is 4.97. The number of methoxy groups -OCH3 is 2. The number of ketones is 1. The summed E-state index contributed by atoms with van der Waals surface area (Å²) in [7, 11) is 3.05. The summed E-state index contributed by atoms with van der Waals surface area (Å²) >= 11 is 0. The molecule has 0 heterocycles. The van der Waals surface area contributed by atoms with E-state index in [1.807, 2.05) is 13.8 Å². The van der Waals surface area contributed by atoms with Gasteiger partial charge in [-0.15, -0.1) is 0 Å². The Morgan fingerprint density at radius 1 is 1.21 bits per heavy atom. The molecule has 4 nitrogen and oxygen atoms in total. The van der Waals surface area contributed by atoms with Crippen molar-refractivity contribution in [2.75, 3.05) is 14.2 Å². The van der Waals surface area contributed by atoms with Crippen LogP contribution in [0, 0.1) is 5.92 Å². The predicted octanol–water partition coefficient (Wildman–Crippen LogP) is 2.68. The molecule has 0 spiro atoms. The summed E-state index contributed by atoms with van der Waals surface area (Å²) in [5.41, 5.74) is 0.391. The van der Waals surface area contributed by atoms with E-state index in [9.17, 15) is 9.90 Å². The molecule has 1 aromatic carbocycles. The summed E-state index contributed by atoms with van der Waals surface area (Å²) < 4.78 is 10.3. The van der Waals surface area contributed by atoms with Gasteiger partial charge in [0.1, 0.15) is 17.6 Å². The topological polar surface area (TPSA) is 55.8 Å². The third kappa shape index (κ3) is 3.47. The van der Waals surface area contributed by atoms with E-state index in [1.54, 1.807) is 25.3 Å². The number of carbonyl (C=O) groups is 1. The van der Waals surface area contributed by atoms with E-state index in [2.05, 4.69) is 0 Å². The number of benzene rings is 1. The van der Waals surface area contributed by atoms with Crippen molar-refractivity contribution in [3.8, 4) is 11.5 Å². The molecular formula is C15H22O4. The van der Waals surface area contributed by atoms with Crippen LogP contribution >= 0.6 is 0 Å². The first-order valence-corrected chi connectivity index (χ1v) is 6.53. The molecule has 0 radical (unpaired) electrons. The van der Waals surface area contributed by atoms with Crippen LogP contribution in [0.1, 0.15) is 37.0 Å². The number of hydrogen-bond acceptors (Lipinski definition) is 4. The van der Waals surface area contributed by atoms with E-state index in [0.29, 0.717) is 17.1 Å². The van der Waals surface area contributed by atoms with Crippen molar-refractivity contribution in [2.45, 2.75) is 32.8 Å². The summed E-state index contributed by atoms with van der Waals surface area (Å²) in [5.74, 6) is 0.715. The average molecular weight is 266 g/mol. The van der Waals surface area contributed by atoms with Gasteiger partial charge in [0.05, 0.1) is 19.8 Å². The smallest absolute Gasteiger partial charge is 0.195 e. The summed E-state index contributed by atoms with van der Waals surface area (Å²) in [4.78, 5) is 12.3. The van der Waals surface area contributed by atoms with E-state index < -0.39 is 6.10 Å². The third-order valence-corrected chi connectivity index (χ3v) is 3.44. The predicted molar refractivity (Wildman–Crippen MR) is 74.0 cm³/mol. The molecule has 19 heavy (non-hydrogen) atoms. The highest BCUT2D eigenvalue weighted by Gasteiger charge is 2.26. The molecule has 0 bridgehead atoms. The third-order valence-electron chi connectivity index (χ3n) is 3.44. The maximum atomic E-state index is 12.3. The van der Waals surface area contributed by atoms with Crippen LogP contribution in [0.3, 0.4) is 0 Å². The highest BCUT2D eigenvalue weighted by Crippen LogP contribution is 2.27. The van der Waals surface area contributed by atoms with E-state index in [0.717, 1.165) is 12.8 Å². The Morgan fingerprint density at radius 2 is 1.84 bits per heavy atom. The maximum absolute atomic E-state index is 12.3. The molecule has 1 unspecified atom stereocenters. The van der Waals surface area contributed by atoms with Crippen LogP contribution in [0.25, 0.3) is 0 Å². The molecule has 1 aromatic rings. The minimum atomic E-state index is -0.989. The fourth-order valence-electron chi connectivity index (χ4n) is 2.11. The number of carbonyl (C=O) groups excluding carboxylic acids is 1. The van der Waals surface area contributed by atoms with Gasteiger partial charge in [-0.3, -0.25) is 4.79 Å². The summed E-state index contributed by atoms with van der Waals surface area (Å²) in [6.07, 6.45) is 0.543. The molecule has 0 aliphatic rings. The monoisotopic (exact) mass is 266 g/mol. The lowest BCUT2D eigenvalue weighted by atomic mass is 9.90. The molecular weight excluding hydrogens is 244 g/mol. The standard InChI is InChI=1S/C15H22O4/c1-5-10(6-2)14(16)15(17)12-8-7-11(18-3)9-13(12)19-4/h7-10,14,16H,5-6H2,1-4H3. The van der Waals surface area contributed by atoms with Gasteiger partial charge in [0.2, 0.25) is 0 Å². The van der Waals surface area contributed by atoms with Crippen molar-refractivity contribution in [1.29, 1.82) is 0 Å². The van der Waals surface area contributed by atoms with E-state index in [4.69, 9.17) is 9.47 Å². The molecule has 1 atom stereocenters. The second kappa shape index (κ2) is 7.14. The molecule has 0 aromatic heterocycles. The van der Waals surface area contributed by atoms with Crippen molar-refractivity contribution < 1.29 is 19.4 Å². The van der Waals surface area contributed by atoms with E-state index in [1.165, 1.54) is 7.11 Å². The van der Waals surface area contributed by atoms with Crippen LogP contribution in [0.4, 0.5) is 0 Å². The van der Waals surface area contributed by atoms with Crippen LogP contribution < -0.4 is 9.47 Å². The van der Waals surface area contributed by atoms with Gasteiger partial charge in [-0.2, -0.15) is 0 Å². The van der Waals surface area contributed by atoms with Crippen molar-refractivity contribution in [3.63, 3.8) is 0 Å². The molecule has 4 heteroatoms. The first-order valence-electron chi connectivity index (χ1n) is 6.53. The zero-order valence-electron chi connectivity index (χ0n) is 12.0.